The molecule has 2 fully saturated rings. The summed E-state index contributed by atoms with van der Waals surface area (Å²) in [5.74, 6) is 1.51. The molecule has 1 aromatic rings. The molecule has 148 valence electrons. The molecule has 1 aromatic carbocycles. The molecule has 2 aliphatic rings. The summed E-state index contributed by atoms with van der Waals surface area (Å²) >= 11 is 5.44. The Balaban J connectivity index is 1.36. The largest absolute Gasteiger partial charge is 0.497 e. The Morgan fingerprint density at radius 3 is 2.41 bits per heavy atom. The molecule has 0 spiro atoms. The van der Waals surface area contributed by atoms with Crippen molar-refractivity contribution in [3.8, 4) is 5.75 Å². The first-order chi connectivity index (χ1) is 13.2. The van der Waals surface area contributed by atoms with Gasteiger partial charge in [0.2, 0.25) is 5.91 Å². The molecule has 5 nitrogen and oxygen atoms in total. The number of amides is 1. The maximum absolute atomic E-state index is 12.6. The Kier molecular flexibility index (Phi) is 7.33. The molecule has 1 heterocycles. The number of carbonyl (C=O) groups excluding carboxylic acids is 1. The molecule has 0 radical (unpaired) electrons. The fraction of sp³-hybridized carbons (Fsp3) is 0.619. The minimum atomic E-state index is 0.274. The standard InChI is InChI=1S/C21H31N3O2S/c1-26-19-9-7-16(8-10-19)15-22-21(27)23-18-11-13-24(14-12-18)20(25)17-5-3-2-4-6-17/h7-10,17-18H,2-6,11-15H2,1H3,(H2,22,23,27). The van der Waals surface area contributed by atoms with Gasteiger partial charge in [-0.25, -0.2) is 0 Å². The molecule has 1 saturated heterocycles. The third-order valence-corrected chi connectivity index (χ3v) is 5.97. The van der Waals surface area contributed by atoms with Crippen molar-refractivity contribution in [2.24, 2.45) is 5.92 Å². The predicted molar refractivity (Wildman–Crippen MR) is 112 cm³/mol. The third-order valence-electron chi connectivity index (χ3n) is 5.71. The molecule has 0 aromatic heterocycles. The van der Waals surface area contributed by atoms with Gasteiger partial charge in [-0.1, -0.05) is 31.4 Å². The number of nitrogens with one attached hydrogen (secondary N) is 2. The van der Waals surface area contributed by atoms with E-state index in [0.29, 0.717) is 23.6 Å². The molecule has 2 N–H and O–H groups in total. The van der Waals surface area contributed by atoms with Crippen LogP contribution < -0.4 is 15.4 Å². The molecular weight excluding hydrogens is 358 g/mol. The minimum Gasteiger partial charge on any atom is -0.497 e. The van der Waals surface area contributed by atoms with Crippen LogP contribution in [0.2, 0.25) is 0 Å². The highest BCUT2D eigenvalue weighted by atomic mass is 32.1. The summed E-state index contributed by atoms with van der Waals surface area (Å²) in [7, 11) is 1.67. The Morgan fingerprint density at radius 2 is 1.78 bits per heavy atom. The summed E-state index contributed by atoms with van der Waals surface area (Å²) in [6, 6.07) is 8.31. The average Bonchev–Trinajstić information content (AvgIpc) is 2.73. The highest BCUT2D eigenvalue weighted by Crippen LogP contribution is 2.26. The highest BCUT2D eigenvalue weighted by Gasteiger charge is 2.29. The summed E-state index contributed by atoms with van der Waals surface area (Å²) in [5.41, 5.74) is 1.16. The van der Waals surface area contributed by atoms with Crippen molar-refractivity contribution in [2.45, 2.75) is 57.5 Å². The second-order valence-electron chi connectivity index (χ2n) is 7.61. The van der Waals surface area contributed by atoms with Gasteiger partial charge in [-0.3, -0.25) is 4.79 Å². The van der Waals surface area contributed by atoms with Crippen LogP contribution >= 0.6 is 12.2 Å². The van der Waals surface area contributed by atoms with E-state index in [-0.39, 0.29) is 5.92 Å². The van der Waals surface area contributed by atoms with E-state index in [1.807, 2.05) is 24.3 Å². The zero-order valence-corrected chi connectivity index (χ0v) is 17.0. The van der Waals surface area contributed by atoms with E-state index in [0.717, 1.165) is 50.1 Å². The van der Waals surface area contributed by atoms with E-state index in [4.69, 9.17) is 17.0 Å². The van der Waals surface area contributed by atoms with Crippen LogP contribution in [0.3, 0.4) is 0 Å². The van der Waals surface area contributed by atoms with Crippen LogP contribution in [0.1, 0.15) is 50.5 Å². The van der Waals surface area contributed by atoms with Gasteiger partial charge >= 0.3 is 0 Å². The van der Waals surface area contributed by atoms with E-state index in [9.17, 15) is 4.79 Å². The van der Waals surface area contributed by atoms with Crippen LogP contribution in [-0.4, -0.2) is 42.2 Å². The maximum Gasteiger partial charge on any atom is 0.225 e. The minimum absolute atomic E-state index is 0.274. The number of hydrogen-bond donors (Lipinski definition) is 2. The maximum atomic E-state index is 12.6. The lowest BCUT2D eigenvalue weighted by Gasteiger charge is -2.35. The fourth-order valence-electron chi connectivity index (χ4n) is 4.01. The van der Waals surface area contributed by atoms with Crippen molar-refractivity contribution < 1.29 is 9.53 Å². The molecule has 0 atom stereocenters. The van der Waals surface area contributed by atoms with Gasteiger partial charge in [-0.2, -0.15) is 0 Å². The number of benzene rings is 1. The monoisotopic (exact) mass is 389 g/mol. The summed E-state index contributed by atoms with van der Waals surface area (Å²) < 4.78 is 5.17. The number of piperidine rings is 1. The molecule has 1 amide bonds. The topological polar surface area (TPSA) is 53.6 Å². The Hall–Kier alpha value is -1.82. The summed E-state index contributed by atoms with van der Waals surface area (Å²) in [6.45, 7) is 2.37. The van der Waals surface area contributed by atoms with Crippen molar-refractivity contribution in [2.75, 3.05) is 20.2 Å². The molecule has 1 saturated carbocycles. The van der Waals surface area contributed by atoms with Crippen molar-refractivity contribution >= 4 is 23.2 Å². The average molecular weight is 390 g/mol. The molecule has 1 aliphatic carbocycles. The molecular formula is C21H31N3O2S. The lowest BCUT2D eigenvalue weighted by Crippen LogP contribution is -2.50. The molecule has 1 aliphatic heterocycles. The van der Waals surface area contributed by atoms with Crippen molar-refractivity contribution in [3.05, 3.63) is 29.8 Å². The molecule has 6 heteroatoms. The van der Waals surface area contributed by atoms with Crippen LogP contribution in [-0.2, 0) is 11.3 Å². The molecule has 0 bridgehead atoms. The second-order valence-corrected chi connectivity index (χ2v) is 8.02. The van der Waals surface area contributed by atoms with Crippen LogP contribution in [0.25, 0.3) is 0 Å². The summed E-state index contributed by atoms with van der Waals surface area (Å²) in [4.78, 5) is 14.7. The number of ether oxygens (including phenoxy) is 1. The zero-order chi connectivity index (χ0) is 19.1. The van der Waals surface area contributed by atoms with Gasteiger partial charge in [0.25, 0.3) is 0 Å². The van der Waals surface area contributed by atoms with E-state index in [2.05, 4.69) is 15.5 Å². The van der Waals surface area contributed by atoms with E-state index < -0.39 is 0 Å². The third kappa shape index (κ3) is 5.83. The lowest BCUT2D eigenvalue weighted by atomic mass is 9.87. The first-order valence-electron chi connectivity index (χ1n) is 10.1. The first-order valence-corrected chi connectivity index (χ1v) is 10.5. The first kappa shape index (κ1) is 19.9. The highest BCUT2D eigenvalue weighted by molar-refractivity contribution is 7.80. The number of methoxy groups -OCH3 is 1. The number of carbonyl (C=O) groups is 1. The van der Waals surface area contributed by atoms with E-state index in [1.165, 1.54) is 19.3 Å². The number of hydrogen-bond acceptors (Lipinski definition) is 3. The molecule has 3 rings (SSSR count). The lowest BCUT2D eigenvalue weighted by molar-refractivity contribution is -0.137. The van der Waals surface area contributed by atoms with Gasteiger partial charge in [0.15, 0.2) is 5.11 Å². The van der Waals surface area contributed by atoms with Crippen molar-refractivity contribution in [3.63, 3.8) is 0 Å². The predicted octanol–water partition coefficient (Wildman–Crippen LogP) is 3.23. The van der Waals surface area contributed by atoms with E-state index >= 15 is 0 Å². The van der Waals surface area contributed by atoms with Crippen molar-refractivity contribution in [1.82, 2.24) is 15.5 Å². The van der Waals surface area contributed by atoms with Gasteiger partial charge in [0, 0.05) is 31.6 Å². The SMILES string of the molecule is COc1ccc(CNC(=S)NC2CCN(C(=O)C3CCCCC3)CC2)cc1. The van der Waals surface area contributed by atoms with Gasteiger partial charge < -0.3 is 20.3 Å². The Labute approximate surface area is 167 Å². The van der Waals surface area contributed by atoms with Gasteiger partial charge in [0.1, 0.15) is 5.75 Å². The number of nitrogens with zero attached hydrogens (tertiary/aromatic N) is 1. The quantitative estimate of drug-likeness (QED) is 0.758. The van der Waals surface area contributed by atoms with Gasteiger partial charge in [-0.05, 0) is 55.6 Å². The van der Waals surface area contributed by atoms with Crippen LogP contribution in [0, 0.1) is 5.92 Å². The van der Waals surface area contributed by atoms with Crippen LogP contribution in [0.4, 0.5) is 0 Å². The number of thiocarbonyl (C=S) groups is 1. The van der Waals surface area contributed by atoms with Gasteiger partial charge in [-0.15, -0.1) is 0 Å². The fourth-order valence-corrected chi connectivity index (χ4v) is 4.25. The number of likely N-dealkylation sites (tertiary alicyclic amines) is 1. The molecule has 27 heavy (non-hydrogen) atoms. The summed E-state index contributed by atoms with van der Waals surface area (Å²) in [5, 5.41) is 7.36. The van der Waals surface area contributed by atoms with Gasteiger partial charge in [0.05, 0.1) is 7.11 Å². The Morgan fingerprint density at radius 1 is 1.11 bits per heavy atom. The van der Waals surface area contributed by atoms with Crippen LogP contribution in [0.5, 0.6) is 5.75 Å². The zero-order valence-electron chi connectivity index (χ0n) is 16.2. The smallest absolute Gasteiger partial charge is 0.225 e. The second kappa shape index (κ2) is 9.93. The molecule has 0 unspecified atom stereocenters. The normalized spacial score (nSPS) is 18.8. The van der Waals surface area contributed by atoms with E-state index in [1.54, 1.807) is 7.11 Å². The van der Waals surface area contributed by atoms with Crippen molar-refractivity contribution in [1.29, 1.82) is 0 Å². The Bertz CT molecular complexity index is 621. The van der Waals surface area contributed by atoms with Crippen LogP contribution in [0.15, 0.2) is 24.3 Å². The summed E-state index contributed by atoms with van der Waals surface area (Å²) in [6.07, 6.45) is 7.79. The number of rotatable bonds is 5.